The van der Waals surface area contributed by atoms with Crippen molar-refractivity contribution < 1.29 is 0 Å². The summed E-state index contributed by atoms with van der Waals surface area (Å²) in [6, 6.07) is 5.68. The Balaban J connectivity index is 2.54. The minimum Gasteiger partial charge on any atom is -0.194 e. The summed E-state index contributed by atoms with van der Waals surface area (Å²) in [5, 5.41) is 11.7. The maximum atomic E-state index is 6.14. The van der Waals surface area contributed by atoms with E-state index < -0.39 is 0 Å². The molecule has 1 unspecified atom stereocenters. The van der Waals surface area contributed by atoms with Gasteiger partial charge < -0.3 is 0 Å². The van der Waals surface area contributed by atoms with Crippen LogP contribution < -0.4 is 0 Å². The SMILES string of the molecule is Cc1ccc(-n2nnnc2C(C)Cl)c(Cl)c1. The molecule has 0 saturated heterocycles. The summed E-state index contributed by atoms with van der Waals surface area (Å²) < 4.78 is 1.56. The fraction of sp³-hybridized carbons (Fsp3) is 0.300. The highest BCUT2D eigenvalue weighted by atomic mass is 35.5. The van der Waals surface area contributed by atoms with Crippen molar-refractivity contribution in [3.63, 3.8) is 0 Å². The summed E-state index contributed by atoms with van der Waals surface area (Å²) in [4.78, 5) is 0. The molecule has 0 aliphatic carbocycles. The van der Waals surface area contributed by atoms with Gasteiger partial charge in [0.25, 0.3) is 0 Å². The van der Waals surface area contributed by atoms with Crippen LogP contribution in [0.15, 0.2) is 18.2 Å². The van der Waals surface area contributed by atoms with E-state index in [0.29, 0.717) is 10.8 Å². The third-order valence-corrected chi connectivity index (χ3v) is 2.68. The maximum absolute atomic E-state index is 6.14. The van der Waals surface area contributed by atoms with Crippen LogP contribution in [-0.2, 0) is 0 Å². The molecule has 0 N–H and O–H groups in total. The number of alkyl halides is 1. The molecule has 0 aliphatic rings. The summed E-state index contributed by atoms with van der Waals surface area (Å²) in [5.41, 5.74) is 1.82. The Morgan fingerprint density at radius 1 is 1.38 bits per heavy atom. The van der Waals surface area contributed by atoms with E-state index in [1.165, 1.54) is 0 Å². The molecule has 6 heteroatoms. The number of aromatic nitrogens is 4. The Hall–Kier alpha value is -1.13. The van der Waals surface area contributed by atoms with E-state index in [4.69, 9.17) is 23.2 Å². The first-order chi connectivity index (χ1) is 7.59. The molecule has 0 spiro atoms. The molecule has 0 amide bonds. The monoisotopic (exact) mass is 256 g/mol. The van der Waals surface area contributed by atoms with Crippen molar-refractivity contribution >= 4 is 23.2 Å². The highest BCUT2D eigenvalue weighted by Gasteiger charge is 2.15. The van der Waals surface area contributed by atoms with Crippen molar-refractivity contribution in [3.8, 4) is 5.69 Å². The number of rotatable bonds is 2. The van der Waals surface area contributed by atoms with Crippen LogP contribution in [0.25, 0.3) is 5.69 Å². The second kappa shape index (κ2) is 4.39. The van der Waals surface area contributed by atoms with Gasteiger partial charge >= 0.3 is 0 Å². The molecule has 0 aliphatic heterocycles. The predicted octanol–water partition coefficient (Wildman–Crippen LogP) is 2.92. The molecule has 0 fully saturated rings. The van der Waals surface area contributed by atoms with Gasteiger partial charge in [-0.15, -0.1) is 16.7 Å². The van der Waals surface area contributed by atoms with Crippen LogP contribution in [0.2, 0.25) is 5.02 Å². The van der Waals surface area contributed by atoms with Crippen LogP contribution in [0, 0.1) is 6.92 Å². The van der Waals surface area contributed by atoms with Gasteiger partial charge in [-0.2, -0.15) is 4.68 Å². The van der Waals surface area contributed by atoms with E-state index in [0.717, 1.165) is 11.3 Å². The molecule has 1 aromatic carbocycles. The third kappa shape index (κ3) is 2.03. The normalized spacial score (nSPS) is 12.8. The molecule has 2 rings (SSSR count). The van der Waals surface area contributed by atoms with Gasteiger partial charge in [-0.05, 0) is 42.0 Å². The zero-order valence-corrected chi connectivity index (χ0v) is 10.4. The lowest BCUT2D eigenvalue weighted by Gasteiger charge is -2.07. The number of hydrogen-bond acceptors (Lipinski definition) is 3. The van der Waals surface area contributed by atoms with Crippen molar-refractivity contribution in [2.75, 3.05) is 0 Å². The molecule has 0 saturated carbocycles. The molecule has 0 bridgehead atoms. The second-order valence-electron chi connectivity index (χ2n) is 3.52. The molecule has 1 heterocycles. The van der Waals surface area contributed by atoms with E-state index in [1.807, 2.05) is 32.0 Å². The Labute approximate surface area is 103 Å². The smallest absolute Gasteiger partial charge is 0.174 e. The van der Waals surface area contributed by atoms with Gasteiger partial charge in [0, 0.05) is 0 Å². The summed E-state index contributed by atoms with van der Waals surface area (Å²) in [6.45, 7) is 3.78. The summed E-state index contributed by atoms with van der Waals surface area (Å²) in [6.07, 6.45) is 0. The zero-order valence-electron chi connectivity index (χ0n) is 8.85. The number of aryl methyl sites for hydroxylation is 1. The van der Waals surface area contributed by atoms with Crippen molar-refractivity contribution in [2.24, 2.45) is 0 Å². The van der Waals surface area contributed by atoms with Crippen molar-refractivity contribution in [1.29, 1.82) is 0 Å². The van der Waals surface area contributed by atoms with E-state index in [-0.39, 0.29) is 5.38 Å². The lowest BCUT2D eigenvalue weighted by molar-refractivity contribution is 0.760. The maximum Gasteiger partial charge on any atom is 0.174 e. The molecule has 4 nitrogen and oxygen atoms in total. The number of halogens is 2. The van der Waals surface area contributed by atoms with Crippen molar-refractivity contribution in [2.45, 2.75) is 19.2 Å². The molecule has 1 atom stereocenters. The van der Waals surface area contributed by atoms with Crippen LogP contribution in [-0.4, -0.2) is 20.2 Å². The van der Waals surface area contributed by atoms with Crippen LogP contribution >= 0.6 is 23.2 Å². The van der Waals surface area contributed by atoms with E-state index in [1.54, 1.807) is 4.68 Å². The second-order valence-corrected chi connectivity index (χ2v) is 4.58. The lowest BCUT2D eigenvalue weighted by atomic mass is 10.2. The van der Waals surface area contributed by atoms with Gasteiger partial charge in [-0.1, -0.05) is 17.7 Å². The molecule has 84 valence electrons. The van der Waals surface area contributed by atoms with E-state index in [9.17, 15) is 0 Å². The van der Waals surface area contributed by atoms with Gasteiger partial charge in [0.1, 0.15) is 0 Å². The standard InChI is InChI=1S/C10H10Cl2N4/c1-6-3-4-9(8(12)5-6)16-10(7(2)11)13-14-15-16/h3-5,7H,1-2H3. The van der Waals surface area contributed by atoms with Gasteiger partial charge in [0.05, 0.1) is 16.1 Å². The van der Waals surface area contributed by atoms with E-state index in [2.05, 4.69) is 15.5 Å². The largest absolute Gasteiger partial charge is 0.194 e. The average molecular weight is 257 g/mol. The summed E-state index contributed by atoms with van der Waals surface area (Å²) >= 11 is 12.1. The lowest BCUT2D eigenvalue weighted by Crippen LogP contribution is -2.04. The number of tetrazole rings is 1. The molecule has 16 heavy (non-hydrogen) atoms. The molecular formula is C10H10Cl2N4. The van der Waals surface area contributed by atoms with Gasteiger partial charge in [0.15, 0.2) is 5.82 Å². The Kier molecular flexibility index (Phi) is 3.12. The first kappa shape index (κ1) is 11.4. The van der Waals surface area contributed by atoms with Gasteiger partial charge in [-0.25, -0.2) is 0 Å². The quantitative estimate of drug-likeness (QED) is 0.777. The van der Waals surface area contributed by atoms with Crippen molar-refractivity contribution in [1.82, 2.24) is 20.2 Å². The van der Waals surface area contributed by atoms with Crippen LogP contribution in [0.3, 0.4) is 0 Å². The van der Waals surface area contributed by atoms with Gasteiger partial charge in [0.2, 0.25) is 0 Å². The minimum atomic E-state index is -0.271. The molecule has 1 aromatic heterocycles. The summed E-state index contributed by atoms with van der Waals surface area (Å²) in [7, 11) is 0. The number of nitrogens with zero attached hydrogens (tertiary/aromatic N) is 4. The zero-order chi connectivity index (χ0) is 11.7. The van der Waals surface area contributed by atoms with Gasteiger partial charge in [-0.3, -0.25) is 0 Å². The van der Waals surface area contributed by atoms with E-state index >= 15 is 0 Å². The topological polar surface area (TPSA) is 43.6 Å². The Morgan fingerprint density at radius 3 is 2.75 bits per heavy atom. The number of hydrogen-bond donors (Lipinski definition) is 0. The van der Waals surface area contributed by atoms with Crippen LogP contribution in [0.4, 0.5) is 0 Å². The van der Waals surface area contributed by atoms with Crippen molar-refractivity contribution in [3.05, 3.63) is 34.6 Å². The fourth-order valence-electron chi connectivity index (χ4n) is 1.40. The molecular weight excluding hydrogens is 247 g/mol. The fourth-order valence-corrected chi connectivity index (χ4v) is 1.85. The average Bonchev–Trinajstić information content (AvgIpc) is 2.66. The molecule has 2 aromatic rings. The summed E-state index contributed by atoms with van der Waals surface area (Å²) in [5.74, 6) is 0.576. The van der Waals surface area contributed by atoms with Crippen LogP contribution in [0.1, 0.15) is 23.7 Å². The number of benzene rings is 1. The first-order valence-electron chi connectivity index (χ1n) is 4.78. The third-order valence-electron chi connectivity index (χ3n) is 2.18. The Bertz CT molecular complexity index is 507. The first-order valence-corrected chi connectivity index (χ1v) is 5.60. The Morgan fingerprint density at radius 2 is 2.12 bits per heavy atom. The molecule has 0 radical (unpaired) electrons. The van der Waals surface area contributed by atoms with Crippen LogP contribution in [0.5, 0.6) is 0 Å². The highest BCUT2D eigenvalue weighted by Crippen LogP contribution is 2.25. The predicted molar refractivity (Wildman–Crippen MR) is 63.2 cm³/mol. The highest BCUT2D eigenvalue weighted by molar-refractivity contribution is 6.32. The minimum absolute atomic E-state index is 0.271.